The molecule has 4 heteroatoms. The van der Waals surface area contributed by atoms with E-state index in [0.29, 0.717) is 13.1 Å². The molecule has 1 unspecified atom stereocenters. The van der Waals surface area contributed by atoms with Gasteiger partial charge < -0.3 is 15.3 Å². The molecule has 0 aliphatic rings. The number of likely N-dealkylation sites (N-methyl/N-ethyl adjacent to an activating group) is 1. The fraction of sp³-hybridized carbons (Fsp3) is 0.462. The highest BCUT2D eigenvalue weighted by Gasteiger charge is 2.09. The second-order valence-corrected chi connectivity index (χ2v) is 4.10. The van der Waals surface area contributed by atoms with Crippen LogP contribution in [-0.2, 0) is 4.79 Å². The molecule has 1 amide bonds. The second kappa shape index (κ2) is 6.25. The summed E-state index contributed by atoms with van der Waals surface area (Å²) >= 11 is 0. The van der Waals surface area contributed by atoms with E-state index in [4.69, 9.17) is 0 Å². The number of carbonyl (C=O) groups is 1. The summed E-state index contributed by atoms with van der Waals surface area (Å²) < 4.78 is 0. The number of nitrogens with one attached hydrogen (secondary N) is 1. The molecule has 0 saturated heterocycles. The Hall–Kier alpha value is -1.55. The first kappa shape index (κ1) is 13.5. The molecule has 0 heterocycles. The zero-order valence-corrected chi connectivity index (χ0v) is 10.6. The van der Waals surface area contributed by atoms with Crippen LogP contribution >= 0.6 is 0 Å². The maximum atomic E-state index is 11.6. The van der Waals surface area contributed by atoms with E-state index in [1.807, 2.05) is 26.0 Å². The maximum absolute atomic E-state index is 11.6. The topological polar surface area (TPSA) is 52.6 Å². The first-order valence-electron chi connectivity index (χ1n) is 5.81. The van der Waals surface area contributed by atoms with Crippen LogP contribution in [0.15, 0.2) is 24.3 Å². The van der Waals surface area contributed by atoms with E-state index in [0.717, 1.165) is 5.56 Å². The molecule has 0 aliphatic heterocycles. The van der Waals surface area contributed by atoms with E-state index in [1.54, 1.807) is 24.1 Å². The van der Waals surface area contributed by atoms with Crippen molar-refractivity contribution in [3.63, 3.8) is 0 Å². The van der Waals surface area contributed by atoms with Gasteiger partial charge in [-0.05, 0) is 31.5 Å². The lowest BCUT2D eigenvalue weighted by Crippen LogP contribution is -2.36. The predicted octanol–water partition coefficient (Wildman–Crippen LogP) is 1.52. The summed E-state index contributed by atoms with van der Waals surface area (Å²) in [4.78, 5) is 13.3. The molecule has 1 atom stereocenters. The Morgan fingerprint density at radius 2 is 2.00 bits per heavy atom. The highest BCUT2D eigenvalue weighted by atomic mass is 16.3. The monoisotopic (exact) mass is 236 g/mol. The number of carbonyl (C=O) groups excluding carboxylic acids is 1. The van der Waals surface area contributed by atoms with Gasteiger partial charge in [0.2, 0.25) is 5.91 Å². The number of amides is 1. The summed E-state index contributed by atoms with van der Waals surface area (Å²) in [7, 11) is 1.79. The summed E-state index contributed by atoms with van der Waals surface area (Å²) in [5.41, 5.74) is 1.05. The fourth-order valence-electron chi connectivity index (χ4n) is 1.43. The lowest BCUT2D eigenvalue weighted by Gasteiger charge is -2.18. The van der Waals surface area contributed by atoms with Gasteiger partial charge in [0.25, 0.3) is 0 Å². The summed E-state index contributed by atoms with van der Waals surface area (Å²) in [6.45, 7) is 4.98. The fourth-order valence-corrected chi connectivity index (χ4v) is 1.43. The molecule has 17 heavy (non-hydrogen) atoms. The molecule has 2 N–H and O–H groups in total. The Labute approximate surface area is 102 Å². The number of aromatic hydroxyl groups is 1. The van der Waals surface area contributed by atoms with E-state index in [9.17, 15) is 9.90 Å². The standard InChI is InChI=1S/C13H20N2O2/c1-4-15(3)13(17)9-14-10(2)11-5-7-12(16)8-6-11/h5-8,10,14,16H,4,9H2,1-3H3. The van der Waals surface area contributed by atoms with Crippen molar-refractivity contribution in [2.24, 2.45) is 0 Å². The third kappa shape index (κ3) is 4.07. The van der Waals surface area contributed by atoms with Crippen molar-refractivity contribution in [1.29, 1.82) is 0 Å². The molecule has 0 spiro atoms. The Balaban J connectivity index is 2.47. The van der Waals surface area contributed by atoms with Crippen molar-refractivity contribution in [2.75, 3.05) is 20.1 Å². The molecule has 0 bridgehead atoms. The van der Waals surface area contributed by atoms with Crippen LogP contribution in [0.1, 0.15) is 25.5 Å². The summed E-state index contributed by atoms with van der Waals surface area (Å²) in [6, 6.07) is 7.08. The number of phenols is 1. The Morgan fingerprint density at radius 3 is 2.53 bits per heavy atom. The molecular weight excluding hydrogens is 216 g/mol. The maximum Gasteiger partial charge on any atom is 0.236 e. The number of nitrogens with zero attached hydrogens (tertiary/aromatic N) is 1. The number of hydrogen-bond donors (Lipinski definition) is 2. The van der Waals surface area contributed by atoms with Gasteiger partial charge in [-0.15, -0.1) is 0 Å². The average molecular weight is 236 g/mol. The first-order valence-corrected chi connectivity index (χ1v) is 5.81. The molecule has 1 aromatic rings. The van der Waals surface area contributed by atoms with Crippen LogP contribution < -0.4 is 5.32 Å². The lowest BCUT2D eigenvalue weighted by molar-refractivity contribution is -0.128. The molecule has 4 nitrogen and oxygen atoms in total. The van der Waals surface area contributed by atoms with Crippen LogP contribution in [0.3, 0.4) is 0 Å². The van der Waals surface area contributed by atoms with Gasteiger partial charge in [-0.25, -0.2) is 0 Å². The van der Waals surface area contributed by atoms with Crippen molar-refractivity contribution < 1.29 is 9.90 Å². The number of hydrogen-bond acceptors (Lipinski definition) is 3. The average Bonchev–Trinajstić information content (AvgIpc) is 2.35. The minimum absolute atomic E-state index is 0.0816. The van der Waals surface area contributed by atoms with Crippen molar-refractivity contribution in [3.8, 4) is 5.75 Å². The predicted molar refractivity (Wildman–Crippen MR) is 67.8 cm³/mol. The van der Waals surface area contributed by atoms with Gasteiger partial charge in [0.05, 0.1) is 6.54 Å². The highest BCUT2D eigenvalue weighted by Crippen LogP contribution is 2.15. The zero-order valence-electron chi connectivity index (χ0n) is 10.6. The third-order valence-electron chi connectivity index (χ3n) is 2.85. The van der Waals surface area contributed by atoms with Gasteiger partial charge in [0.15, 0.2) is 0 Å². The van der Waals surface area contributed by atoms with Crippen molar-refractivity contribution in [3.05, 3.63) is 29.8 Å². The van der Waals surface area contributed by atoms with Crippen LogP contribution in [0.4, 0.5) is 0 Å². The highest BCUT2D eigenvalue weighted by molar-refractivity contribution is 5.77. The Kier molecular flexibility index (Phi) is 4.97. The van der Waals surface area contributed by atoms with Gasteiger partial charge in [0, 0.05) is 19.6 Å². The Bertz CT molecular complexity index is 362. The zero-order chi connectivity index (χ0) is 12.8. The number of phenolic OH excluding ortho intramolecular Hbond substituents is 1. The van der Waals surface area contributed by atoms with Crippen LogP contribution in [0.25, 0.3) is 0 Å². The van der Waals surface area contributed by atoms with Crippen molar-refractivity contribution >= 4 is 5.91 Å². The first-order chi connectivity index (χ1) is 8.04. The van der Waals surface area contributed by atoms with E-state index >= 15 is 0 Å². The van der Waals surface area contributed by atoms with Crippen LogP contribution in [0, 0.1) is 0 Å². The number of rotatable bonds is 5. The van der Waals surface area contributed by atoms with Gasteiger partial charge in [-0.2, -0.15) is 0 Å². The van der Waals surface area contributed by atoms with Gasteiger partial charge in [-0.1, -0.05) is 12.1 Å². The molecule has 0 fully saturated rings. The smallest absolute Gasteiger partial charge is 0.236 e. The third-order valence-corrected chi connectivity index (χ3v) is 2.85. The normalized spacial score (nSPS) is 12.2. The second-order valence-electron chi connectivity index (χ2n) is 4.10. The minimum atomic E-state index is 0.0816. The minimum Gasteiger partial charge on any atom is -0.508 e. The van der Waals surface area contributed by atoms with Crippen molar-refractivity contribution in [1.82, 2.24) is 10.2 Å². The summed E-state index contributed by atoms with van der Waals surface area (Å²) in [6.07, 6.45) is 0. The van der Waals surface area contributed by atoms with Crippen LogP contribution in [0.2, 0.25) is 0 Å². The van der Waals surface area contributed by atoms with Crippen molar-refractivity contribution in [2.45, 2.75) is 19.9 Å². The van der Waals surface area contributed by atoms with E-state index in [2.05, 4.69) is 5.32 Å². The van der Waals surface area contributed by atoms with Gasteiger partial charge >= 0.3 is 0 Å². The molecular formula is C13H20N2O2. The van der Waals surface area contributed by atoms with E-state index in [-0.39, 0.29) is 17.7 Å². The van der Waals surface area contributed by atoms with E-state index in [1.165, 1.54) is 0 Å². The van der Waals surface area contributed by atoms with Gasteiger partial charge in [-0.3, -0.25) is 4.79 Å². The van der Waals surface area contributed by atoms with Crippen LogP contribution in [-0.4, -0.2) is 36.1 Å². The molecule has 0 saturated carbocycles. The van der Waals surface area contributed by atoms with Gasteiger partial charge in [0.1, 0.15) is 5.75 Å². The lowest BCUT2D eigenvalue weighted by atomic mass is 10.1. The summed E-state index contributed by atoms with van der Waals surface area (Å²) in [5, 5.41) is 12.3. The Morgan fingerprint density at radius 1 is 1.41 bits per heavy atom. The van der Waals surface area contributed by atoms with E-state index < -0.39 is 0 Å². The number of benzene rings is 1. The molecule has 1 rings (SSSR count). The molecule has 0 aromatic heterocycles. The molecule has 0 radical (unpaired) electrons. The molecule has 1 aromatic carbocycles. The van der Waals surface area contributed by atoms with Crippen LogP contribution in [0.5, 0.6) is 5.75 Å². The summed E-state index contributed by atoms with van der Waals surface area (Å²) in [5.74, 6) is 0.334. The largest absolute Gasteiger partial charge is 0.508 e. The SMILES string of the molecule is CCN(C)C(=O)CNC(C)c1ccc(O)cc1. The quantitative estimate of drug-likeness (QED) is 0.815. The molecule has 94 valence electrons. The molecule has 0 aliphatic carbocycles.